The Hall–Kier alpha value is -4.12. The van der Waals surface area contributed by atoms with Crippen molar-refractivity contribution < 1.29 is 14.3 Å². The molecule has 3 N–H and O–H groups in total. The summed E-state index contributed by atoms with van der Waals surface area (Å²) in [7, 11) is 1.64. The van der Waals surface area contributed by atoms with Crippen LogP contribution < -0.4 is 15.8 Å². The van der Waals surface area contributed by atoms with Gasteiger partial charge in [0.05, 0.1) is 30.2 Å². The number of nitrogens with two attached hydrogens (primary N) is 1. The highest BCUT2D eigenvalue weighted by Crippen LogP contribution is 2.40. The molecule has 3 aliphatic heterocycles. The summed E-state index contributed by atoms with van der Waals surface area (Å²) in [5.41, 5.74) is 12.1. The van der Waals surface area contributed by atoms with Crippen LogP contribution in [0.4, 0.5) is 4.79 Å². The molecule has 0 spiro atoms. The van der Waals surface area contributed by atoms with Gasteiger partial charge < -0.3 is 30.2 Å². The molecule has 4 aromatic rings. The molecule has 4 aliphatic rings. The SMILES string of the molecule is COc1cc(C(=O)N2[C@H]3CC[C@@H]2[C@H](N)C3)cc2nc(-c3cc4ccc([C@@H](C)NC(=O)N5CCCC5)nc4n3CC3CC3)c(C)n12. The maximum atomic E-state index is 13.8. The third kappa shape index (κ3) is 4.74. The van der Waals surface area contributed by atoms with Gasteiger partial charge in [-0.15, -0.1) is 0 Å². The summed E-state index contributed by atoms with van der Waals surface area (Å²) in [6, 6.07) is 10.1. The molecular weight excluding hydrogens is 568 g/mol. The second kappa shape index (κ2) is 10.8. The first-order valence-corrected chi connectivity index (χ1v) is 16.5. The molecule has 0 aromatic carbocycles. The van der Waals surface area contributed by atoms with E-state index in [1.807, 2.05) is 46.2 Å². The van der Waals surface area contributed by atoms with Gasteiger partial charge in [0.15, 0.2) is 5.88 Å². The number of carbonyl (C=O) groups is 2. The molecule has 1 aliphatic carbocycles. The van der Waals surface area contributed by atoms with Crippen molar-refractivity contribution in [3.05, 3.63) is 47.3 Å². The Bertz CT molecular complexity index is 1820. The number of nitrogens with one attached hydrogen (secondary N) is 1. The number of aryl methyl sites for hydroxylation is 1. The number of amides is 3. The molecule has 11 nitrogen and oxygen atoms in total. The molecule has 45 heavy (non-hydrogen) atoms. The maximum Gasteiger partial charge on any atom is 0.317 e. The fourth-order valence-electron chi connectivity index (χ4n) is 7.89. The molecule has 0 radical (unpaired) electrons. The smallest absolute Gasteiger partial charge is 0.317 e. The summed E-state index contributed by atoms with van der Waals surface area (Å²) in [6.07, 6.45) is 7.37. The molecule has 7 heterocycles. The summed E-state index contributed by atoms with van der Waals surface area (Å²) < 4.78 is 10.1. The van der Waals surface area contributed by atoms with Crippen LogP contribution in [0.15, 0.2) is 30.3 Å². The van der Waals surface area contributed by atoms with Crippen molar-refractivity contribution in [3.8, 4) is 17.3 Å². The van der Waals surface area contributed by atoms with Crippen LogP contribution in [-0.2, 0) is 6.54 Å². The fraction of sp³-hybridized carbons (Fsp3) is 0.529. The Morgan fingerprint density at radius 3 is 2.58 bits per heavy atom. The zero-order valence-electron chi connectivity index (χ0n) is 26.3. The zero-order chi connectivity index (χ0) is 31.0. The maximum absolute atomic E-state index is 13.8. The molecule has 0 unspecified atom stereocenters. The van der Waals surface area contributed by atoms with Crippen molar-refractivity contribution >= 4 is 28.6 Å². The molecule has 4 aromatic heterocycles. The van der Waals surface area contributed by atoms with Crippen molar-refractivity contribution in [2.24, 2.45) is 11.7 Å². The normalized spacial score (nSPS) is 23.4. The van der Waals surface area contributed by atoms with Gasteiger partial charge in [-0.3, -0.25) is 9.20 Å². The van der Waals surface area contributed by atoms with E-state index in [0.29, 0.717) is 23.0 Å². The van der Waals surface area contributed by atoms with Gasteiger partial charge >= 0.3 is 6.03 Å². The molecule has 1 saturated carbocycles. The second-order valence-electron chi connectivity index (χ2n) is 13.5. The number of ether oxygens (including phenoxy) is 1. The molecule has 4 atom stereocenters. The van der Waals surface area contributed by atoms with Gasteiger partial charge in [-0.25, -0.2) is 14.8 Å². The first-order valence-electron chi connectivity index (χ1n) is 16.5. The predicted molar refractivity (Wildman–Crippen MR) is 171 cm³/mol. The van der Waals surface area contributed by atoms with E-state index in [0.717, 1.165) is 85.5 Å². The van der Waals surface area contributed by atoms with E-state index in [4.69, 9.17) is 20.4 Å². The van der Waals surface area contributed by atoms with E-state index in [9.17, 15) is 9.59 Å². The van der Waals surface area contributed by atoms with Crippen LogP contribution in [0.3, 0.4) is 0 Å². The number of likely N-dealkylation sites (tertiary alicyclic amines) is 1. The summed E-state index contributed by atoms with van der Waals surface area (Å²) in [4.78, 5) is 40.7. The Morgan fingerprint density at radius 2 is 1.89 bits per heavy atom. The average Bonchev–Trinajstić information content (AvgIpc) is 3.46. The van der Waals surface area contributed by atoms with Crippen LogP contribution in [0.25, 0.3) is 28.1 Å². The minimum atomic E-state index is -0.215. The Kier molecular flexibility index (Phi) is 6.78. The van der Waals surface area contributed by atoms with Gasteiger partial charge in [-0.1, -0.05) is 0 Å². The lowest BCUT2D eigenvalue weighted by molar-refractivity contribution is 0.0726. The number of hydrogen-bond donors (Lipinski definition) is 2. The van der Waals surface area contributed by atoms with Crippen LogP contribution in [0.1, 0.15) is 79.7 Å². The zero-order valence-corrected chi connectivity index (χ0v) is 26.3. The van der Waals surface area contributed by atoms with Gasteiger partial charge in [0.25, 0.3) is 5.91 Å². The van der Waals surface area contributed by atoms with Crippen molar-refractivity contribution in [1.82, 2.24) is 34.1 Å². The van der Waals surface area contributed by atoms with Crippen LogP contribution in [0.2, 0.25) is 0 Å². The fourth-order valence-corrected chi connectivity index (χ4v) is 7.89. The first kappa shape index (κ1) is 28.4. The summed E-state index contributed by atoms with van der Waals surface area (Å²) in [6.45, 7) is 6.52. The Morgan fingerprint density at radius 1 is 1.09 bits per heavy atom. The number of pyridine rings is 2. The number of nitrogens with zero attached hydrogens (tertiary/aromatic N) is 6. The lowest BCUT2D eigenvalue weighted by atomic mass is 9.97. The van der Waals surface area contributed by atoms with Gasteiger partial charge in [-0.2, -0.15) is 0 Å². The highest BCUT2D eigenvalue weighted by atomic mass is 16.5. The highest BCUT2D eigenvalue weighted by Gasteiger charge is 2.47. The number of imidazole rings is 1. The van der Waals surface area contributed by atoms with Crippen LogP contribution in [0.5, 0.6) is 5.88 Å². The summed E-state index contributed by atoms with van der Waals surface area (Å²) >= 11 is 0. The molecule has 2 bridgehead atoms. The minimum Gasteiger partial charge on any atom is -0.482 e. The Balaban J connectivity index is 1.17. The third-order valence-corrected chi connectivity index (χ3v) is 10.5. The van der Waals surface area contributed by atoms with E-state index < -0.39 is 0 Å². The first-order chi connectivity index (χ1) is 21.8. The van der Waals surface area contributed by atoms with E-state index in [2.05, 4.69) is 22.0 Å². The van der Waals surface area contributed by atoms with Gasteiger partial charge in [0, 0.05) is 54.8 Å². The van der Waals surface area contributed by atoms with Crippen LogP contribution in [0, 0.1) is 12.8 Å². The summed E-state index contributed by atoms with van der Waals surface area (Å²) in [5, 5.41) is 4.18. The second-order valence-corrected chi connectivity index (χ2v) is 13.5. The number of fused-ring (bicyclic) bond motifs is 4. The summed E-state index contributed by atoms with van der Waals surface area (Å²) in [5.74, 6) is 1.19. The van der Waals surface area contributed by atoms with E-state index in [-0.39, 0.29) is 36.1 Å². The number of carbonyl (C=O) groups excluding carboxylic acids is 2. The van der Waals surface area contributed by atoms with Crippen molar-refractivity contribution in [3.63, 3.8) is 0 Å². The lowest BCUT2D eigenvalue weighted by Crippen LogP contribution is -2.40. The largest absolute Gasteiger partial charge is 0.482 e. The van der Waals surface area contributed by atoms with Crippen molar-refractivity contribution in [2.75, 3.05) is 20.2 Å². The van der Waals surface area contributed by atoms with Crippen LogP contribution >= 0.6 is 0 Å². The third-order valence-electron chi connectivity index (χ3n) is 10.5. The lowest BCUT2D eigenvalue weighted by Gasteiger charge is -2.23. The number of urea groups is 1. The van der Waals surface area contributed by atoms with E-state index in [1.54, 1.807) is 7.11 Å². The molecule has 11 heteroatoms. The molecule has 4 fully saturated rings. The standard InChI is InChI=1S/C34H42N8O3/c1-19(36-34(44)39-12-4-5-13-39)26-10-8-22-14-28(40(32(22)37-26)18-21-6-7-21)31-20(2)41-29(38-31)15-23(16-30(41)45-3)33(43)42-24-9-11-27(42)25(35)17-24/h8,10,14-16,19,21,24-25,27H,4-7,9,11-13,17-18,35H2,1-3H3,(H,36,44)/t19-,24+,25-,27-/m1/s1. The number of aromatic nitrogens is 4. The molecule has 8 rings (SSSR count). The number of methoxy groups -OCH3 is 1. The van der Waals surface area contributed by atoms with Crippen LogP contribution in [-0.4, -0.2) is 79.0 Å². The Labute approximate surface area is 262 Å². The molecule has 3 amide bonds. The van der Waals surface area contributed by atoms with Gasteiger partial charge in [0.1, 0.15) is 17.0 Å². The van der Waals surface area contributed by atoms with Gasteiger partial charge in [-0.05, 0) is 89.0 Å². The van der Waals surface area contributed by atoms with E-state index >= 15 is 0 Å². The topological polar surface area (TPSA) is 123 Å². The van der Waals surface area contributed by atoms with E-state index in [1.165, 1.54) is 12.8 Å². The van der Waals surface area contributed by atoms with Gasteiger partial charge in [0.2, 0.25) is 0 Å². The average molecular weight is 611 g/mol. The van der Waals surface area contributed by atoms with Crippen molar-refractivity contribution in [2.45, 2.75) is 89.5 Å². The number of rotatable bonds is 7. The number of hydrogen-bond acceptors (Lipinski definition) is 6. The highest BCUT2D eigenvalue weighted by molar-refractivity contribution is 5.97. The quantitative estimate of drug-likeness (QED) is 0.314. The predicted octanol–water partition coefficient (Wildman–Crippen LogP) is 4.65. The molecule has 236 valence electrons. The monoisotopic (exact) mass is 610 g/mol. The molecule has 3 saturated heterocycles. The minimum absolute atomic E-state index is 0.00368. The molecular formula is C34H42N8O3. The van der Waals surface area contributed by atoms with Crippen molar-refractivity contribution in [1.29, 1.82) is 0 Å².